The number of hydrogen-bond acceptors (Lipinski definition) is 4. The van der Waals surface area contributed by atoms with Crippen molar-refractivity contribution in [2.75, 3.05) is 40.9 Å². The first kappa shape index (κ1) is 14.8. The maximum Gasteiger partial charge on any atom is 0.161 e. The third-order valence-electron chi connectivity index (χ3n) is 2.59. The topological polar surface area (TPSA) is 33.7 Å². The van der Waals surface area contributed by atoms with Crippen molar-refractivity contribution in [3.8, 4) is 11.5 Å². The molecule has 0 amide bonds. The molecular formula is C14H24N2O2. The van der Waals surface area contributed by atoms with E-state index in [4.69, 9.17) is 9.47 Å². The van der Waals surface area contributed by atoms with Crippen molar-refractivity contribution >= 4 is 0 Å². The SMILES string of the molecule is CCOc1cc(CNCCN(C)C)ccc1OC. The number of methoxy groups -OCH3 is 1. The zero-order chi connectivity index (χ0) is 13.4. The average Bonchev–Trinajstić information content (AvgIpc) is 2.35. The van der Waals surface area contributed by atoms with Gasteiger partial charge in [-0.3, -0.25) is 0 Å². The Morgan fingerprint density at radius 1 is 1.22 bits per heavy atom. The van der Waals surface area contributed by atoms with Crippen LogP contribution < -0.4 is 14.8 Å². The Kier molecular flexibility index (Phi) is 6.54. The minimum absolute atomic E-state index is 0.647. The van der Waals surface area contributed by atoms with E-state index < -0.39 is 0 Å². The predicted molar refractivity (Wildman–Crippen MR) is 74.4 cm³/mol. The Balaban J connectivity index is 2.53. The Labute approximate surface area is 110 Å². The first-order chi connectivity index (χ1) is 8.67. The average molecular weight is 252 g/mol. The molecule has 1 rings (SSSR count). The van der Waals surface area contributed by atoms with Gasteiger partial charge in [0.1, 0.15) is 0 Å². The molecule has 0 spiro atoms. The summed E-state index contributed by atoms with van der Waals surface area (Å²) in [6, 6.07) is 6.04. The van der Waals surface area contributed by atoms with Crippen molar-refractivity contribution in [3.05, 3.63) is 23.8 Å². The van der Waals surface area contributed by atoms with Crippen LogP contribution in [0.5, 0.6) is 11.5 Å². The molecule has 0 aromatic heterocycles. The number of ether oxygens (including phenoxy) is 2. The van der Waals surface area contributed by atoms with Crippen LogP contribution in [-0.4, -0.2) is 45.8 Å². The second kappa shape index (κ2) is 7.95. The van der Waals surface area contributed by atoms with Gasteiger partial charge in [0.2, 0.25) is 0 Å². The summed E-state index contributed by atoms with van der Waals surface area (Å²) in [6.45, 7) is 5.48. The van der Waals surface area contributed by atoms with Crippen molar-refractivity contribution in [2.24, 2.45) is 0 Å². The zero-order valence-corrected chi connectivity index (χ0v) is 11.8. The van der Waals surface area contributed by atoms with E-state index in [2.05, 4.69) is 30.4 Å². The van der Waals surface area contributed by atoms with Crippen LogP contribution in [0.25, 0.3) is 0 Å². The molecule has 4 heteroatoms. The summed E-state index contributed by atoms with van der Waals surface area (Å²) in [5.41, 5.74) is 1.21. The van der Waals surface area contributed by atoms with Crippen LogP contribution in [0.3, 0.4) is 0 Å². The molecule has 18 heavy (non-hydrogen) atoms. The zero-order valence-electron chi connectivity index (χ0n) is 11.8. The number of likely N-dealkylation sites (N-methyl/N-ethyl adjacent to an activating group) is 1. The molecule has 102 valence electrons. The summed E-state index contributed by atoms with van der Waals surface area (Å²) < 4.78 is 10.8. The molecule has 0 fully saturated rings. The molecule has 0 bridgehead atoms. The highest BCUT2D eigenvalue weighted by Gasteiger charge is 2.04. The number of nitrogens with zero attached hydrogens (tertiary/aromatic N) is 1. The minimum atomic E-state index is 0.647. The Morgan fingerprint density at radius 2 is 2.00 bits per heavy atom. The summed E-state index contributed by atoms with van der Waals surface area (Å²) in [6.07, 6.45) is 0. The van der Waals surface area contributed by atoms with E-state index in [-0.39, 0.29) is 0 Å². The molecule has 0 aliphatic rings. The van der Waals surface area contributed by atoms with E-state index in [1.807, 2.05) is 19.1 Å². The van der Waals surface area contributed by atoms with Gasteiger partial charge < -0.3 is 19.7 Å². The van der Waals surface area contributed by atoms with E-state index in [1.54, 1.807) is 7.11 Å². The van der Waals surface area contributed by atoms with Gasteiger partial charge in [0, 0.05) is 19.6 Å². The highest BCUT2D eigenvalue weighted by atomic mass is 16.5. The molecule has 0 aliphatic heterocycles. The molecule has 0 saturated carbocycles. The lowest BCUT2D eigenvalue weighted by molar-refractivity contribution is 0.310. The Bertz CT molecular complexity index is 354. The summed E-state index contributed by atoms with van der Waals surface area (Å²) >= 11 is 0. The first-order valence-corrected chi connectivity index (χ1v) is 6.32. The molecular weight excluding hydrogens is 228 g/mol. The largest absolute Gasteiger partial charge is 0.493 e. The maximum absolute atomic E-state index is 5.55. The second-order valence-corrected chi connectivity index (χ2v) is 4.40. The predicted octanol–water partition coefficient (Wildman–Crippen LogP) is 1.75. The van der Waals surface area contributed by atoms with E-state index in [0.717, 1.165) is 31.1 Å². The van der Waals surface area contributed by atoms with Gasteiger partial charge in [0.05, 0.1) is 13.7 Å². The van der Waals surface area contributed by atoms with Crippen molar-refractivity contribution < 1.29 is 9.47 Å². The van der Waals surface area contributed by atoms with E-state index in [9.17, 15) is 0 Å². The first-order valence-electron chi connectivity index (χ1n) is 6.32. The third-order valence-corrected chi connectivity index (χ3v) is 2.59. The summed E-state index contributed by atoms with van der Waals surface area (Å²) in [7, 11) is 5.80. The molecule has 4 nitrogen and oxygen atoms in total. The van der Waals surface area contributed by atoms with Crippen LogP contribution in [0, 0.1) is 0 Å². The molecule has 0 saturated heterocycles. The quantitative estimate of drug-likeness (QED) is 0.715. The van der Waals surface area contributed by atoms with Crippen LogP contribution in [0.1, 0.15) is 12.5 Å². The van der Waals surface area contributed by atoms with Crippen LogP contribution in [0.15, 0.2) is 18.2 Å². The lowest BCUT2D eigenvalue weighted by Crippen LogP contribution is -2.26. The Hall–Kier alpha value is -1.26. The summed E-state index contributed by atoms with van der Waals surface area (Å²) in [4.78, 5) is 2.16. The van der Waals surface area contributed by atoms with Crippen LogP contribution in [0.4, 0.5) is 0 Å². The fourth-order valence-corrected chi connectivity index (χ4v) is 1.63. The number of hydrogen-bond donors (Lipinski definition) is 1. The van der Waals surface area contributed by atoms with Crippen LogP contribution in [-0.2, 0) is 6.54 Å². The van der Waals surface area contributed by atoms with Gasteiger partial charge in [-0.05, 0) is 38.7 Å². The number of rotatable bonds is 8. The van der Waals surface area contributed by atoms with Gasteiger partial charge in [-0.2, -0.15) is 0 Å². The smallest absolute Gasteiger partial charge is 0.161 e. The lowest BCUT2D eigenvalue weighted by Gasteiger charge is -2.13. The maximum atomic E-state index is 5.55. The van der Waals surface area contributed by atoms with E-state index in [1.165, 1.54) is 5.56 Å². The lowest BCUT2D eigenvalue weighted by atomic mass is 10.2. The molecule has 1 N–H and O–H groups in total. The molecule has 1 aromatic carbocycles. The van der Waals surface area contributed by atoms with Gasteiger partial charge in [-0.25, -0.2) is 0 Å². The van der Waals surface area contributed by atoms with E-state index >= 15 is 0 Å². The molecule has 0 radical (unpaired) electrons. The molecule has 0 heterocycles. The van der Waals surface area contributed by atoms with Crippen LogP contribution in [0.2, 0.25) is 0 Å². The molecule has 0 aliphatic carbocycles. The van der Waals surface area contributed by atoms with Gasteiger partial charge in [0.15, 0.2) is 11.5 Å². The van der Waals surface area contributed by atoms with Gasteiger partial charge >= 0.3 is 0 Å². The fourth-order valence-electron chi connectivity index (χ4n) is 1.63. The number of benzene rings is 1. The van der Waals surface area contributed by atoms with Crippen LogP contribution >= 0.6 is 0 Å². The normalized spacial score (nSPS) is 10.7. The standard InChI is InChI=1S/C14H24N2O2/c1-5-18-14-10-12(6-7-13(14)17-4)11-15-8-9-16(2)3/h6-7,10,15H,5,8-9,11H2,1-4H3. The highest BCUT2D eigenvalue weighted by Crippen LogP contribution is 2.27. The van der Waals surface area contributed by atoms with E-state index in [0.29, 0.717) is 6.61 Å². The summed E-state index contributed by atoms with van der Waals surface area (Å²) in [5, 5.41) is 3.40. The van der Waals surface area contributed by atoms with Gasteiger partial charge in [-0.15, -0.1) is 0 Å². The third kappa shape index (κ3) is 4.94. The Morgan fingerprint density at radius 3 is 2.61 bits per heavy atom. The van der Waals surface area contributed by atoms with Gasteiger partial charge in [0.25, 0.3) is 0 Å². The minimum Gasteiger partial charge on any atom is -0.493 e. The number of nitrogens with one attached hydrogen (secondary N) is 1. The van der Waals surface area contributed by atoms with Crippen molar-refractivity contribution in [2.45, 2.75) is 13.5 Å². The van der Waals surface area contributed by atoms with Crippen molar-refractivity contribution in [3.63, 3.8) is 0 Å². The van der Waals surface area contributed by atoms with Gasteiger partial charge in [-0.1, -0.05) is 6.07 Å². The highest BCUT2D eigenvalue weighted by molar-refractivity contribution is 5.42. The molecule has 0 unspecified atom stereocenters. The second-order valence-electron chi connectivity index (χ2n) is 4.40. The van der Waals surface area contributed by atoms with Crippen molar-refractivity contribution in [1.29, 1.82) is 0 Å². The van der Waals surface area contributed by atoms with Crippen molar-refractivity contribution in [1.82, 2.24) is 10.2 Å². The molecule has 0 atom stereocenters. The monoisotopic (exact) mass is 252 g/mol. The fraction of sp³-hybridized carbons (Fsp3) is 0.571. The summed E-state index contributed by atoms with van der Waals surface area (Å²) in [5.74, 6) is 1.60. The molecule has 1 aromatic rings.